The number of benzene rings is 9. The van der Waals surface area contributed by atoms with Gasteiger partial charge in [-0.05, 0) is 64.1 Å². The van der Waals surface area contributed by atoms with Gasteiger partial charge in [0.2, 0.25) is 0 Å². The van der Waals surface area contributed by atoms with E-state index in [1.165, 1.54) is 69.9 Å². The highest BCUT2D eigenvalue weighted by atomic mass is 28.3. The molecule has 1 aliphatic heterocycles. The lowest BCUT2D eigenvalue weighted by atomic mass is 10.1. The van der Waals surface area contributed by atoms with Crippen LogP contribution in [0.4, 0.5) is 0 Å². The minimum atomic E-state index is -2.92. The van der Waals surface area contributed by atoms with Crippen molar-refractivity contribution in [3.8, 4) is 45.3 Å². The summed E-state index contributed by atoms with van der Waals surface area (Å²) in [5.74, 6) is 0.732. The fourth-order valence-electron chi connectivity index (χ4n) is 10.6. The Morgan fingerprint density at radius 1 is 0.333 bits per heavy atom. The molecule has 294 valence electrons. The number of hydrogen-bond donors (Lipinski definition) is 0. The summed E-state index contributed by atoms with van der Waals surface area (Å²) in [4.78, 5) is 11.1. The Morgan fingerprint density at radius 3 is 1.38 bits per heavy atom. The Morgan fingerprint density at radius 2 is 0.794 bits per heavy atom. The van der Waals surface area contributed by atoms with Crippen LogP contribution in [0.2, 0.25) is 0 Å². The first kappa shape index (κ1) is 35.6. The second kappa shape index (κ2) is 14.0. The summed E-state index contributed by atoms with van der Waals surface area (Å²) in [5, 5.41) is 10.1. The molecule has 1 aliphatic rings. The van der Waals surface area contributed by atoms with E-state index in [2.05, 4.69) is 240 Å². The van der Waals surface area contributed by atoms with Crippen molar-refractivity contribution >= 4 is 72.4 Å². The quantitative estimate of drug-likeness (QED) is 0.157. The summed E-state index contributed by atoms with van der Waals surface area (Å²) in [7, 11) is -2.92. The average molecular weight is 819 g/mol. The summed E-state index contributed by atoms with van der Waals surface area (Å²) < 4.78 is 4.84. The van der Waals surface area contributed by atoms with Gasteiger partial charge in [0.15, 0.2) is 13.9 Å². The maximum Gasteiger partial charge on any atom is 0.185 e. The second-order valence-corrected chi connectivity index (χ2v) is 20.2. The summed E-state index contributed by atoms with van der Waals surface area (Å²) >= 11 is 0. The molecule has 4 heterocycles. The molecule has 9 aromatic carbocycles. The monoisotopic (exact) mass is 818 g/mol. The maximum atomic E-state index is 5.61. The highest BCUT2D eigenvalue weighted by molar-refractivity contribution is 7.22. The molecule has 0 saturated carbocycles. The topological polar surface area (TPSA) is 35.6 Å². The fourth-order valence-corrected chi connectivity index (χ4v) is 15.8. The lowest BCUT2D eigenvalue weighted by Crippen LogP contribution is -2.73. The predicted molar refractivity (Wildman–Crippen MR) is 264 cm³/mol. The van der Waals surface area contributed by atoms with Crippen LogP contribution in [0, 0.1) is 0 Å². The molecule has 0 unspecified atom stereocenters. The van der Waals surface area contributed by atoms with E-state index in [0.29, 0.717) is 0 Å². The van der Waals surface area contributed by atoms with E-state index in [-0.39, 0.29) is 0 Å². The van der Waals surface area contributed by atoms with Gasteiger partial charge >= 0.3 is 0 Å². The van der Waals surface area contributed by atoms with Crippen molar-refractivity contribution in [3.63, 3.8) is 0 Å². The Bertz CT molecular complexity index is 3670. The third-order valence-corrected chi connectivity index (χ3v) is 18.1. The largest absolute Gasteiger partial charge is 0.309 e. The van der Waals surface area contributed by atoms with Gasteiger partial charge in [0.25, 0.3) is 0 Å². The van der Waals surface area contributed by atoms with E-state index in [1.54, 1.807) is 0 Å². The van der Waals surface area contributed by atoms with Crippen molar-refractivity contribution in [3.05, 3.63) is 231 Å². The first-order valence-electron chi connectivity index (χ1n) is 21.6. The third-order valence-electron chi connectivity index (χ3n) is 13.2. The molecule has 0 radical (unpaired) electrons. The summed E-state index contributed by atoms with van der Waals surface area (Å²) in [5.41, 5.74) is 12.3. The highest BCUT2D eigenvalue weighted by Crippen LogP contribution is 2.40. The molecule has 0 bridgehead atoms. The van der Waals surface area contributed by atoms with Crippen molar-refractivity contribution in [2.24, 2.45) is 0 Å². The molecule has 12 aromatic rings. The van der Waals surface area contributed by atoms with Crippen molar-refractivity contribution in [2.75, 3.05) is 0 Å². The fraction of sp³-hybridized carbons (Fsp3) is 0. The number of aromatic nitrogens is 4. The second-order valence-electron chi connectivity index (χ2n) is 16.5. The molecule has 3 aromatic heterocycles. The zero-order chi connectivity index (χ0) is 41.5. The summed E-state index contributed by atoms with van der Waals surface area (Å²) in [6.45, 7) is 0. The lowest BCUT2D eigenvalue weighted by Gasteiger charge is -2.32. The van der Waals surface area contributed by atoms with Crippen LogP contribution in [-0.4, -0.2) is 27.2 Å². The van der Waals surface area contributed by atoms with Gasteiger partial charge in [0.1, 0.15) is 0 Å². The molecule has 0 amide bonds. The number of rotatable bonds is 6. The van der Waals surface area contributed by atoms with Crippen molar-refractivity contribution < 1.29 is 0 Å². The molecule has 0 saturated heterocycles. The standard InChI is InChI=1S/C58H38N4Si/c1-5-19-40(20-6-1)58-59-55(57-56(60-58)47-29-15-18-32-54(47)63(57,43-23-9-3-10-24-43)44-25-11-4-12-26-44)39-33-35-42(36-34-39)62-51-31-17-14-28-46(51)49-37-52-48(38-53(49)62)45-27-13-16-30-50(45)61(52)41-21-7-2-8-22-41/h1-38H. The Labute approximate surface area is 365 Å². The van der Waals surface area contributed by atoms with Crippen LogP contribution in [0.15, 0.2) is 231 Å². The van der Waals surface area contributed by atoms with Gasteiger partial charge in [-0.25, -0.2) is 9.97 Å². The van der Waals surface area contributed by atoms with Crippen LogP contribution in [-0.2, 0) is 0 Å². The summed E-state index contributed by atoms with van der Waals surface area (Å²) in [6.07, 6.45) is 0. The molecule has 5 heteroatoms. The van der Waals surface area contributed by atoms with Crippen LogP contribution in [0.25, 0.3) is 88.9 Å². The summed E-state index contributed by atoms with van der Waals surface area (Å²) in [6, 6.07) is 83.8. The van der Waals surface area contributed by atoms with E-state index in [9.17, 15) is 0 Å². The van der Waals surface area contributed by atoms with Gasteiger partial charge in [0.05, 0.1) is 33.5 Å². The van der Waals surface area contributed by atoms with E-state index >= 15 is 0 Å². The van der Waals surface area contributed by atoms with Crippen molar-refractivity contribution in [2.45, 2.75) is 0 Å². The van der Waals surface area contributed by atoms with Gasteiger partial charge in [-0.3, -0.25) is 0 Å². The molecule has 0 fully saturated rings. The zero-order valence-corrected chi connectivity index (χ0v) is 35.2. The molecular formula is C58H38N4Si. The van der Waals surface area contributed by atoms with E-state index in [4.69, 9.17) is 9.97 Å². The van der Waals surface area contributed by atoms with Crippen LogP contribution in [0.3, 0.4) is 0 Å². The third kappa shape index (κ3) is 5.21. The molecule has 0 atom stereocenters. The number of hydrogen-bond acceptors (Lipinski definition) is 2. The van der Waals surface area contributed by atoms with Crippen LogP contribution < -0.4 is 20.7 Å². The molecule has 0 aliphatic carbocycles. The molecular weight excluding hydrogens is 781 g/mol. The molecule has 4 nitrogen and oxygen atoms in total. The van der Waals surface area contributed by atoms with E-state index in [0.717, 1.165) is 39.7 Å². The van der Waals surface area contributed by atoms with Crippen LogP contribution in [0.1, 0.15) is 0 Å². The highest BCUT2D eigenvalue weighted by Gasteiger charge is 2.51. The lowest BCUT2D eigenvalue weighted by molar-refractivity contribution is 1.17. The van der Waals surface area contributed by atoms with Gasteiger partial charge in [0, 0.05) is 54.8 Å². The van der Waals surface area contributed by atoms with Crippen LogP contribution in [0.5, 0.6) is 0 Å². The molecule has 63 heavy (non-hydrogen) atoms. The number of nitrogens with zero attached hydrogens (tertiary/aromatic N) is 4. The van der Waals surface area contributed by atoms with Crippen molar-refractivity contribution in [1.82, 2.24) is 19.1 Å². The Balaban J connectivity index is 1.06. The number of fused-ring (bicyclic) bond motifs is 9. The van der Waals surface area contributed by atoms with Crippen LogP contribution >= 0.6 is 0 Å². The first-order chi connectivity index (χ1) is 31.3. The van der Waals surface area contributed by atoms with E-state index < -0.39 is 8.07 Å². The minimum Gasteiger partial charge on any atom is -0.309 e. The zero-order valence-electron chi connectivity index (χ0n) is 34.2. The Hall–Kier alpha value is -8.12. The Kier molecular flexibility index (Phi) is 7.89. The first-order valence-corrected chi connectivity index (χ1v) is 23.6. The molecule has 0 spiro atoms. The molecule has 13 rings (SSSR count). The SMILES string of the molecule is c1ccc(-c2nc(-c3ccc(-n4c5ccccc5c5cc6c(cc54)c4ccccc4n6-c4ccccc4)cc3)c3c(n2)-c2ccccc2[Si]3(c2ccccc2)c2ccccc2)cc1. The van der Waals surface area contributed by atoms with Crippen molar-refractivity contribution in [1.29, 1.82) is 0 Å². The van der Waals surface area contributed by atoms with Gasteiger partial charge in [-0.15, -0.1) is 0 Å². The van der Waals surface area contributed by atoms with Gasteiger partial charge in [-0.1, -0.05) is 182 Å². The average Bonchev–Trinajstić information content (AvgIpc) is 3.98. The van der Waals surface area contributed by atoms with E-state index in [1.807, 2.05) is 0 Å². The predicted octanol–water partition coefficient (Wildman–Crippen LogP) is 11.4. The van der Waals surface area contributed by atoms with Gasteiger partial charge < -0.3 is 9.13 Å². The maximum absolute atomic E-state index is 5.61. The smallest absolute Gasteiger partial charge is 0.185 e. The molecule has 0 N–H and O–H groups in total. The van der Waals surface area contributed by atoms with Gasteiger partial charge in [-0.2, -0.15) is 0 Å². The number of para-hydroxylation sites is 3. The minimum absolute atomic E-state index is 0.732. The normalized spacial score (nSPS) is 12.9.